The number of aryl methyl sites for hydroxylation is 1. The normalized spacial score (nSPS) is 15.1. The number of pyridine rings is 1. The summed E-state index contributed by atoms with van der Waals surface area (Å²) in [6.07, 6.45) is 0. The SMILES string of the molecule is CCN(CC)c1ccc2c3c(c(=O)oc2c1)C(c1cc2cccc(C)c2nc1Cl)C(C#N)=C(N)O3. The summed E-state index contributed by atoms with van der Waals surface area (Å²) in [5, 5.41) is 11.6. The van der Waals surface area contributed by atoms with Crippen LogP contribution in [0.5, 0.6) is 5.75 Å². The molecule has 0 fully saturated rings. The van der Waals surface area contributed by atoms with E-state index in [2.05, 4.69) is 29.8 Å². The third-order valence-corrected chi connectivity index (χ3v) is 6.82. The molecule has 7 nitrogen and oxygen atoms in total. The highest BCUT2D eigenvalue weighted by atomic mass is 35.5. The third-order valence-electron chi connectivity index (χ3n) is 6.52. The van der Waals surface area contributed by atoms with Crippen LogP contribution in [0.15, 0.2) is 63.1 Å². The fourth-order valence-electron chi connectivity index (χ4n) is 4.75. The van der Waals surface area contributed by atoms with Crippen molar-refractivity contribution in [3.05, 3.63) is 86.2 Å². The Morgan fingerprint density at radius 3 is 2.69 bits per heavy atom. The van der Waals surface area contributed by atoms with Crippen molar-refractivity contribution in [2.45, 2.75) is 26.7 Å². The van der Waals surface area contributed by atoms with E-state index in [4.69, 9.17) is 26.5 Å². The maximum Gasteiger partial charge on any atom is 0.344 e. The highest BCUT2D eigenvalue weighted by molar-refractivity contribution is 6.30. The molecule has 2 aromatic carbocycles. The van der Waals surface area contributed by atoms with Gasteiger partial charge in [-0.25, -0.2) is 9.78 Å². The summed E-state index contributed by atoms with van der Waals surface area (Å²) in [5.74, 6) is -0.689. The van der Waals surface area contributed by atoms with Gasteiger partial charge < -0.3 is 19.8 Å². The van der Waals surface area contributed by atoms with Crippen LogP contribution < -0.4 is 21.0 Å². The predicted molar refractivity (Wildman–Crippen MR) is 137 cm³/mol. The van der Waals surface area contributed by atoms with E-state index in [0.29, 0.717) is 16.5 Å². The molecule has 0 amide bonds. The lowest BCUT2D eigenvalue weighted by Crippen LogP contribution is -2.27. The van der Waals surface area contributed by atoms with Gasteiger partial charge in [-0.05, 0) is 44.5 Å². The van der Waals surface area contributed by atoms with E-state index >= 15 is 0 Å². The predicted octanol–water partition coefficient (Wildman–Crippen LogP) is 5.37. The van der Waals surface area contributed by atoms with Crippen molar-refractivity contribution in [2.24, 2.45) is 5.73 Å². The fourth-order valence-corrected chi connectivity index (χ4v) is 4.99. The van der Waals surface area contributed by atoms with Crippen LogP contribution in [0.2, 0.25) is 5.15 Å². The molecule has 0 radical (unpaired) electrons. The van der Waals surface area contributed by atoms with Crippen molar-refractivity contribution in [1.29, 1.82) is 5.26 Å². The first-order chi connectivity index (χ1) is 16.9. The number of nitrogens with two attached hydrogens (primary N) is 1. The van der Waals surface area contributed by atoms with Crippen molar-refractivity contribution in [3.63, 3.8) is 0 Å². The number of benzene rings is 2. The minimum Gasteiger partial charge on any atom is -0.439 e. The number of aromatic nitrogens is 1. The van der Waals surface area contributed by atoms with Gasteiger partial charge in [-0.15, -0.1) is 0 Å². The van der Waals surface area contributed by atoms with E-state index in [-0.39, 0.29) is 27.9 Å². The molecule has 1 aliphatic rings. The van der Waals surface area contributed by atoms with Gasteiger partial charge in [0.25, 0.3) is 0 Å². The van der Waals surface area contributed by atoms with Gasteiger partial charge >= 0.3 is 5.63 Å². The zero-order chi connectivity index (χ0) is 24.9. The molecule has 5 rings (SSSR count). The van der Waals surface area contributed by atoms with Gasteiger partial charge in [0.15, 0.2) is 5.75 Å². The Morgan fingerprint density at radius 1 is 1.20 bits per heavy atom. The zero-order valence-corrected chi connectivity index (χ0v) is 20.3. The lowest BCUT2D eigenvalue weighted by molar-refractivity contribution is 0.388. The lowest BCUT2D eigenvalue weighted by Gasteiger charge is -2.27. The van der Waals surface area contributed by atoms with Crippen LogP contribution in [0.25, 0.3) is 21.9 Å². The monoisotopic (exact) mass is 486 g/mol. The lowest BCUT2D eigenvalue weighted by atomic mass is 9.84. The molecule has 8 heteroatoms. The van der Waals surface area contributed by atoms with Crippen LogP contribution >= 0.6 is 11.6 Å². The topological polar surface area (TPSA) is 105 Å². The number of para-hydroxylation sites is 1. The smallest absolute Gasteiger partial charge is 0.344 e. The van der Waals surface area contributed by atoms with Crippen molar-refractivity contribution in [3.8, 4) is 11.8 Å². The van der Waals surface area contributed by atoms with E-state index in [9.17, 15) is 10.1 Å². The van der Waals surface area contributed by atoms with Crippen molar-refractivity contribution in [2.75, 3.05) is 18.0 Å². The number of nitrogens with zero attached hydrogens (tertiary/aromatic N) is 3. The molecule has 0 aliphatic carbocycles. The summed E-state index contributed by atoms with van der Waals surface area (Å²) < 4.78 is 11.6. The van der Waals surface area contributed by atoms with Gasteiger partial charge in [-0.2, -0.15) is 5.26 Å². The molecule has 0 saturated carbocycles. The number of rotatable bonds is 4. The van der Waals surface area contributed by atoms with E-state index in [1.807, 2.05) is 49.4 Å². The summed E-state index contributed by atoms with van der Waals surface area (Å²) in [5.41, 5.74) is 9.36. The second-order valence-electron chi connectivity index (χ2n) is 8.42. The second-order valence-corrected chi connectivity index (χ2v) is 8.78. The molecule has 0 spiro atoms. The Hall–Kier alpha value is -4.02. The number of halogens is 1. The van der Waals surface area contributed by atoms with Crippen LogP contribution in [0.4, 0.5) is 5.69 Å². The molecule has 3 heterocycles. The molecule has 1 unspecified atom stereocenters. The van der Waals surface area contributed by atoms with E-state index in [1.165, 1.54) is 0 Å². The van der Waals surface area contributed by atoms with Gasteiger partial charge in [-0.1, -0.05) is 29.8 Å². The molecule has 2 N–H and O–H groups in total. The summed E-state index contributed by atoms with van der Waals surface area (Å²) in [7, 11) is 0. The second kappa shape index (κ2) is 8.64. The minimum atomic E-state index is -0.878. The standard InChI is InChI=1S/C27H23ClN4O3/c1-4-32(5-2)16-9-10-17-20(12-16)34-27(33)22-21(19(13-29)26(30)35-24(17)22)18-11-15-8-6-7-14(3)23(15)31-25(18)28/h6-12,21H,4-5,30H2,1-3H3. The van der Waals surface area contributed by atoms with E-state index < -0.39 is 11.5 Å². The van der Waals surface area contributed by atoms with Crippen molar-refractivity contribution < 1.29 is 9.15 Å². The van der Waals surface area contributed by atoms with Gasteiger partial charge in [0.2, 0.25) is 5.88 Å². The Kier molecular flexibility index (Phi) is 5.62. The van der Waals surface area contributed by atoms with Crippen LogP contribution in [0, 0.1) is 18.3 Å². The van der Waals surface area contributed by atoms with Crippen LogP contribution in [0.1, 0.15) is 36.5 Å². The molecule has 0 bridgehead atoms. The number of ether oxygens (including phenoxy) is 1. The first-order valence-corrected chi connectivity index (χ1v) is 11.7. The van der Waals surface area contributed by atoms with Gasteiger partial charge in [0, 0.05) is 35.8 Å². The van der Waals surface area contributed by atoms with Gasteiger partial charge in [-0.3, -0.25) is 0 Å². The zero-order valence-electron chi connectivity index (χ0n) is 19.6. The fraction of sp³-hybridized carbons (Fsp3) is 0.222. The molecule has 2 aromatic heterocycles. The molecule has 176 valence electrons. The quantitative estimate of drug-likeness (QED) is 0.305. The first-order valence-electron chi connectivity index (χ1n) is 11.4. The van der Waals surface area contributed by atoms with Crippen LogP contribution in [0.3, 0.4) is 0 Å². The molecule has 4 aromatic rings. The van der Waals surface area contributed by atoms with E-state index in [0.717, 1.165) is 35.2 Å². The average molecular weight is 487 g/mol. The molecular weight excluding hydrogens is 464 g/mol. The van der Waals surface area contributed by atoms with Crippen molar-refractivity contribution >= 4 is 39.2 Å². The van der Waals surface area contributed by atoms with Crippen LogP contribution in [-0.2, 0) is 0 Å². The summed E-state index contributed by atoms with van der Waals surface area (Å²) in [6.45, 7) is 7.68. The largest absolute Gasteiger partial charge is 0.439 e. The Balaban J connectivity index is 1.79. The van der Waals surface area contributed by atoms with Gasteiger partial charge in [0.05, 0.1) is 22.4 Å². The highest BCUT2D eigenvalue weighted by Crippen LogP contribution is 2.46. The number of nitriles is 1. The number of fused-ring (bicyclic) bond motifs is 4. The van der Waals surface area contributed by atoms with Crippen LogP contribution in [-0.4, -0.2) is 18.1 Å². The Bertz CT molecular complexity index is 1630. The highest BCUT2D eigenvalue weighted by Gasteiger charge is 2.37. The summed E-state index contributed by atoms with van der Waals surface area (Å²) in [4.78, 5) is 20.1. The minimum absolute atomic E-state index is 0.0786. The molecule has 0 saturated heterocycles. The van der Waals surface area contributed by atoms with E-state index in [1.54, 1.807) is 0 Å². The summed E-state index contributed by atoms with van der Waals surface area (Å²) >= 11 is 6.64. The first kappa shape index (κ1) is 22.8. The molecule has 35 heavy (non-hydrogen) atoms. The molecule has 1 aliphatic heterocycles. The number of allylic oxidation sites excluding steroid dienone is 1. The maximum absolute atomic E-state index is 13.4. The molecule has 1 atom stereocenters. The Labute approximate surface area is 207 Å². The van der Waals surface area contributed by atoms with Crippen molar-refractivity contribution in [1.82, 2.24) is 4.98 Å². The number of hydrogen-bond acceptors (Lipinski definition) is 7. The number of hydrogen-bond donors (Lipinski definition) is 1. The number of anilines is 1. The average Bonchev–Trinajstić information content (AvgIpc) is 2.84. The third kappa shape index (κ3) is 3.58. The molecular formula is C27H23ClN4O3. The van der Waals surface area contributed by atoms with Gasteiger partial charge in [0.1, 0.15) is 22.4 Å². The maximum atomic E-state index is 13.4. The summed E-state index contributed by atoms with van der Waals surface area (Å²) in [6, 6.07) is 15.3. The Morgan fingerprint density at radius 2 is 1.97 bits per heavy atom.